The Morgan fingerprint density at radius 2 is 1.58 bits per heavy atom. The van der Waals surface area contributed by atoms with Crippen LogP contribution in [0.2, 0.25) is 0 Å². The van der Waals surface area contributed by atoms with Gasteiger partial charge in [-0.25, -0.2) is 0 Å². The Morgan fingerprint density at radius 1 is 0.917 bits per heavy atom. The Hall–Kier alpha value is -1.64. The maximum Gasteiger partial charge on any atom is 0.309 e. The number of Topliss-reactive ketones (excluding diaryl/α,β-unsaturated/α-hetero) is 1. The van der Waals surface area contributed by atoms with Crippen LogP contribution >= 0.6 is 11.6 Å². The summed E-state index contributed by atoms with van der Waals surface area (Å²) in [6.07, 6.45) is 6.48. The van der Waals surface area contributed by atoms with E-state index < -0.39 is 94.4 Å². The van der Waals surface area contributed by atoms with Crippen LogP contribution in [-0.4, -0.2) is 104 Å². The van der Waals surface area contributed by atoms with E-state index in [4.69, 9.17) is 35.3 Å². The molecule has 0 saturated carbocycles. The topological polar surface area (TPSA) is 170 Å². The quantitative estimate of drug-likeness (QED) is 0.0946. The van der Waals surface area contributed by atoms with Crippen LogP contribution in [0.15, 0.2) is 12.2 Å². The van der Waals surface area contributed by atoms with Crippen LogP contribution in [0.5, 0.6) is 0 Å². The second-order valence-corrected chi connectivity index (χ2v) is 20.7. The molecule has 344 valence electrons. The predicted octanol–water partition coefficient (Wildman–Crippen LogP) is 7.58. The zero-order valence-electron chi connectivity index (χ0n) is 38.5. The third-order valence-electron chi connectivity index (χ3n) is 15.7. The molecule has 4 saturated heterocycles. The highest BCUT2D eigenvalue weighted by molar-refractivity contribution is 6.19. The molecule has 0 aromatic rings. The molecule has 18 atom stereocenters. The summed E-state index contributed by atoms with van der Waals surface area (Å²) in [5, 5.41) is 36.1. The van der Waals surface area contributed by atoms with E-state index in [9.17, 15) is 29.7 Å². The maximum atomic E-state index is 14.7. The number of aliphatic carboxylic acids is 1. The number of amides is 1. The lowest BCUT2D eigenvalue weighted by Gasteiger charge is -2.55. The van der Waals surface area contributed by atoms with Gasteiger partial charge in [-0.3, -0.25) is 14.4 Å². The summed E-state index contributed by atoms with van der Waals surface area (Å²) in [6.45, 7) is 23.2. The van der Waals surface area contributed by atoms with Gasteiger partial charge in [-0.2, -0.15) is 0 Å². The van der Waals surface area contributed by atoms with Crippen LogP contribution in [0.3, 0.4) is 0 Å². The molecule has 5 rings (SSSR count). The number of aliphatic hydroxyl groups excluding tert-OH is 1. The number of carbonyl (C=O) groups is 3. The molecule has 5 heterocycles. The molecule has 0 aliphatic carbocycles. The summed E-state index contributed by atoms with van der Waals surface area (Å²) < 4.78 is 34.5. The fraction of sp³-hybridized carbons (Fsp3) is 0.894. The van der Waals surface area contributed by atoms with Crippen LogP contribution < -0.4 is 5.32 Å². The molecule has 5 aliphatic rings. The minimum Gasteiger partial charge on any atom is -0.481 e. The van der Waals surface area contributed by atoms with E-state index in [2.05, 4.69) is 26.1 Å². The number of alkyl halides is 1. The zero-order chi connectivity index (χ0) is 44.7. The largest absolute Gasteiger partial charge is 0.481 e. The van der Waals surface area contributed by atoms with Gasteiger partial charge in [-0.1, -0.05) is 61.5 Å². The third-order valence-corrected chi connectivity index (χ3v) is 16.4. The molecule has 0 bridgehead atoms. The average Bonchev–Trinajstić information content (AvgIpc) is 3.55. The number of ketones is 1. The number of halogens is 1. The summed E-state index contributed by atoms with van der Waals surface area (Å²) in [5.74, 6) is -6.16. The Morgan fingerprint density at radius 3 is 2.17 bits per heavy atom. The van der Waals surface area contributed by atoms with Crippen molar-refractivity contribution < 1.29 is 53.4 Å². The van der Waals surface area contributed by atoms with Gasteiger partial charge in [-0.15, -0.1) is 11.6 Å². The van der Waals surface area contributed by atoms with Gasteiger partial charge in [0, 0.05) is 36.0 Å². The summed E-state index contributed by atoms with van der Waals surface area (Å²) in [5.41, 5.74) is -2.58. The van der Waals surface area contributed by atoms with Crippen molar-refractivity contribution in [2.45, 2.75) is 213 Å². The zero-order valence-corrected chi connectivity index (χ0v) is 39.3. The fourth-order valence-corrected chi connectivity index (χ4v) is 11.2. The molecule has 4 fully saturated rings. The first-order valence-corrected chi connectivity index (χ1v) is 23.6. The lowest BCUT2D eigenvalue weighted by atomic mass is 9.72. The van der Waals surface area contributed by atoms with Crippen LogP contribution in [0.1, 0.15) is 147 Å². The van der Waals surface area contributed by atoms with Crippen molar-refractivity contribution in [3.8, 4) is 0 Å². The van der Waals surface area contributed by atoms with Crippen molar-refractivity contribution in [3.05, 3.63) is 12.2 Å². The van der Waals surface area contributed by atoms with Gasteiger partial charge in [0.05, 0.1) is 59.2 Å². The first-order chi connectivity index (χ1) is 28.0. The first-order valence-electron chi connectivity index (χ1n) is 23.1. The van der Waals surface area contributed by atoms with Gasteiger partial charge in [0.2, 0.25) is 5.91 Å². The summed E-state index contributed by atoms with van der Waals surface area (Å²) >= 11 is 6.26. The Balaban J connectivity index is 1.40. The molecule has 0 aromatic carbocycles. The number of rotatable bonds is 15. The molecule has 60 heavy (non-hydrogen) atoms. The van der Waals surface area contributed by atoms with Gasteiger partial charge < -0.3 is 44.3 Å². The van der Waals surface area contributed by atoms with Gasteiger partial charge >= 0.3 is 5.97 Å². The molecular formula is C47H78ClNO11. The molecule has 0 radical (unpaired) electrons. The second-order valence-electron chi connectivity index (χ2n) is 20.4. The molecule has 0 aromatic heterocycles. The van der Waals surface area contributed by atoms with Crippen LogP contribution in [0.4, 0.5) is 0 Å². The SMILES string of the molecule is CC[C@@H](C(=O)[C@@H](C)[C@@H](O)[C@H](C)[C@@H]1O[C@@H]([C@@H](CC)C(=O)O)CC[C@@H]1C)[C@H]1O[C@]2(C=C[C@@H](NC(=O)C(C)(C)CCl)[C@]3(CC[C@@](C)([C@H]4CC[C@](O)(CC)[C@H](C)O4)O3)O2)[C@H](C)C[C@@H]1C. The molecule has 13 heteroatoms. The van der Waals surface area contributed by atoms with Crippen molar-refractivity contribution in [1.29, 1.82) is 0 Å². The maximum absolute atomic E-state index is 14.7. The molecular weight excluding hydrogens is 790 g/mol. The molecule has 4 N–H and O–H groups in total. The minimum atomic E-state index is -1.34. The van der Waals surface area contributed by atoms with Gasteiger partial charge in [0.25, 0.3) is 0 Å². The highest BCUT2D eigenvalue weighted by atomic mass is 35.5. The predicted molar refractivity (Wildman–Crippen MR) is 229 cm³/mol. The summed E-state index contributed by atoms with van der Waals surface area (Å²) in [6, 6.07) is -0.686. The number of carbonyl (C=O) groups excluding carboxylic acids is 2. The average molecular weight is 869 g/mol. The van der Waals surface area contributed by atoms with E-state index in [1.54, 1.807) is 20.8 Å². The van der Waals surface area contributed by atoms with Crippen LogP contribution in [0, 0.1) is 46.8 Å². The normalized spacial score (nSPS) is 42.4. The van der Waals surface area contributed by atoms with E-state index >= 15 is 0 Å². The highest BCUT2D eigenvalue weighted by Crippen LogP contribution is 2.54. The Bertz CT molecular complexity index is 1560. The first kappa shape index (κ1) is 49.4. The Kier molecular flexibility index (Phi) is 15.5. The summed E-state index contributed by atoms with van der Waals surface area (Å²) in [4.78, 5) is 40.4. The van der Waals surface area contributed by atoms with Gasteiger partial charge in [-0.05, 0) is 103 Å². The van der Waals surface area contributed by atoms with E-state index in [0.29, 0.717) is 57.8 Å². The lowest BCUT2D eigenvalue weighted by molar-refractivity contribution is -0.398. The number of carboxylic acid groups (broad SMARTS) is 1. The van der Waals surface area contributed by atoms with E-state index in [-0.39, 0.29) is 41.4 Å². The fourth-order valence-electron chi connectivity index (χ4n) is 11.1. The number of hydrogen-bond acceptors (Lipinski definition) is 10. The smallest absolute Gasteiger partial charge is 0.309 e. The number of carboxylic acids is 1. The standard InChI is InChI=1S/C47H78ClNO11/c1-13-32(41(52)53)34-17-16-26(4)39(57-34)30(8)37(50)29(7)38(51)33(14-2)40-27(5)24-28(6)46(58-40)21-18-35(49-42(54)43(10,11)25-48)47(60-46)23-22-44(12,59-47)36-19-20-45(55,15-3)31(9)56-36/h18,21,26-37,39-40,50,55H,13-17,19-20,22-25H2,1-12H3,(H,49,54)(H,52,53)/t26-,27-,28+,29-,30-,31-,32+,33-,34+,35+,36+,37+,39+,40-,44-,45+,46-,47-/m0/s1. The number of ether oxygens (including phenoxy) is 5. The van der Waals surface area contributed by atoms with Crippen molar-refractivity contribution in [2.75, 3.05) is 5.88 Å². The van der Waals surface area contributed by atoms with E-state index in [0.717, 1.165) is 6.42 Å². The number of nitrogens with one attached hydrogen (secondary N) is 1. The monoisotopic (exact) mass is 868 g/mol. The lowest BCUT2D eigenvalue weighted by Crippen LogP contribution is -2.66. The minimum absolute atomic E-state index is 0.0233. The van der Waals surface area contributed by atoms with E-state index in [1.807, 2.05) is 53.7 Å². The van der Waals surface area contributed by atoms with Crippen molar-refractivity contribution in [1.82, 2.24) is 5.32 Å². The second kappa shape index (κ2) is 18.8. The van der Waals surface area contributed by atoms with Gasteiger partial charge in [0.15, 0.2) is 11.6 Å². The van der Waals surface area contributed by atoms with Crippen LogP contribution in [-0.2, 0) is 38.1 Å². The molecule has 2 spiro atoms. The van der Waals surface area contributed by atoms with Crippen LogP contribution in [0.25, 0.3) is 0 Å². The Labute approximate surface area is 364 Å². The van der Waals surface area contributed by atoms with Crippen molar-refractivity contribution in [3.63, 3.8) is 0 Å². The number of hydrogen-bond donors (Lipinski definition) is 4. The highest BCUT2D eigenvalue weighted by Gasteiger charge is 2.64. The third kappa shape index (κ3) is 9.43. The van der Waals surface area contributed by atoms with E-state index in [1.165, 1.54) is 0 Å². The summed E-state index contributed by atoms with van der Waals surface area (Å²) in [7, 11) is 0. The number of aliphatic hydroxyl groups is 2. The van der Waals surface area contributed by atoms with Crippen molar-refractivity contribution in [2.24, 2.45) is 46.8 Å². The molecule has 0 unspecified atom stereocenters. The molecule has 12 nitrogen and oxygen atoms in total. The van der Waals surface area contributed by atoms with Crippen molar-refractivity contribution >= 4 is 29.3 Å². The molecule has 5 aliphatic heterocycles. The molecule has 1 amide bonds. The van der Waals surface area contributed by atoms with Gasteiger partial charge in [0.1, 0.15) is 11.8 Å².